The Bertz CT molecular complexity index is 629. The number of imide groups is 1. The number of nitrogens with one attached hydrogen (secondary N) is 2. The van der Waals surface area contributed by atoms with Gasteiger partial charge in [-0.05, 0) is 31.5 Å². The SMILES string of the molecule is CC[C@]1(C)NC(=O)N(NC(=O)c2cccc(N(C)C)c2)C1=O. The largest absolute Gasteiger partial charge is 0.378 e. The molecule has 1 aromatic rings. The normalized spacial score (nSPS) is 20.8. The third-order valence-electron chi connectivity index (χ3n) is 3.81. The molecule has 1 aliphatic heterocycles. The zero-order valence-electron chi connectivity index (χ0n) is 13.1. The summed E-state index contributed by atoms with van der Waals surface area (Å²) in [5.74, 6) is -0.968. The number of hydrogen-bond acceptors (Lipinski definition) is 4. The molecule has 0 radical (unpaired) electrons. The van der Waals surface area contributed by atoms with Crippen LogP contribution in [0.25, 0.3) is 0 Å². The van der Waals surface area contributed by atoms with Crippen LogP contribution in [-0.2, 0) is 4.79 Å². The van der Waals surface area contributed by atoms with Gasteiger partial charge in [-0.15, -0.1) is 0 Å². The molecule has 1 aliphatic rings. The molecule has 1 saturated heterocycles. The molecule has 2 rings (SSSR count). The third-order valence-corrected chi connectivity index (χ3v) is 3.81. The van der Waals surface area contributed by atoms with Gasteiger partial charge in [0.15, 0.2) is 0 Å². The number of urea groups is 1. The smallest absolute Gasteiger partial charge is 0.344 e. The Morgan fingerprint density at radius 2 is 2.05 bits per heavy atom. The Labute approximate surface area is 129 Å². The molecule has 1 heterocycles. The molecule has 1 atom stereocenters. The molecule has 22 heavy (non-hydrogen) atoms. The maximum Gasteiger partial charge on any atom is 0.344 e. The minimum atomic E-state index is -0.976. The highest BCUT2D eigenvalue weighted by molar-refractivity contribution is 6.09. The average molecular weight is 304 g/mol. The molecular weight excluding hydrogens is 284 g/mol. The zero-order valence-corrected chi connectivity index (χ0v) is 13.1. The van der Waals surface area contributed by atoms with Crippen LogP contribution in [0.3, 0.4) is 0 Å². The lowest BCUT2D eigenvalue weighted by atomic mass is 10.00. The van der Waals surface area contributed by atoms with Gasteiger partial charge in [0.05, 0.1) is 0 Å². The van der Waals surface area contributed by atoms with Crippen molar-refractivity contribution in [3.8, 4) is 0 Å². The molecule has 0 saturated carbocycles. The Hall–Kier alpha value is -2.57. The monoisotopic (exact) mass is 304 g/mol. The van der Waals surface area contributed by atoms with Gasteiger partial charge in [-0.2, -0.15) is 5.01 Å². The lowest BCUT2D eigenvalue weighted by Gasteiger charge is -2.19. The predicted octanol–water partition coefficient (Wildman–Crippen LogP) is 1.12. The minimum absolute atomic E-state index is 0.372. The number of rotatable bonds is 4. The van der Waals surface area contributed by atoms with Gasteiger partial charge in [-0.25, -0.2) is 4.79 Å². The summed E-state index contributed by atoms with van der Waals surface area (Å²) in [5.41, 5.74) is 2.61. The van der Waals surface area contributed by atoms with E-state index in [1.165, 1.54) is 0 Å². The van der Waals surface area contributed by atoms with Crippen LogP contribution in [0.1, 0.15) is 30.6 Å². The van der Waals surface area contributed by atoms with Crippen molar-refractivity contribution in [2.24, 2.45) is 0 Å². The summed E-state index contributed by atoms with van der Waals surface area (Å²) in [5, 5.41) is 3.32. The number of amides is 4. The second kappa shape index (κ2) is 5.67. The third kappa shape index (κ3) is 2.74. The van der Waals surface area contributed by atoms with Gasteiger partial charge in [-0.1, -0.05) is 13.0 Å². The average Bonchev–Trinajstić information content (AvgIpc) is 2.71. The summed E-state index contributed by atoms with van der Waals surface area (Å²) >= 11 is 0. The van der Waals surface area contributed by atoms with Crippen LogP contribution in [0.2, 0.25) is 0 Å². The molecule has 0 bridgehead atoms. The topological polar surface area (TPSA) is 81.8 Å². The molecule has 7 nitrogen and oxygen atoms in total. The van der Waals surface area contributed by atoms with Crippen LogP contribution in [0.5, 0.6) is 0 Å². The van der Waals surface area contributed by atoms with E-state index in [0.717, 1.165) is 10.7 Å². The van der Waals surface area contributed by atoms with Gasteiger partial charge in [0, 0.05) is 25.3 Å². The molecule has 1 aromatic carbocycles. The molecule has 118 valence electrons. The van der Waals surface area contributed by atoms with Crippen molar-refractivity contribution in [2.75, 3.05) is 19.0 Å². The van der Waals surface area contributed by atoms with Crippen molar-refractivity contribution in [3.05, 3.63) is 29.8 Å². The summed E-state index contributed by atoms with van der Waals surface area (Å²) in [7, 11) is 3.72. The molecule has 7 heteroatoms. The van der Waals surface area contributed by atoms with Gasteiger partial charge >= 0.3 is 6.03 Å². The zero-order chi connectivity index (χ0) is 16.5. The number of benzene rings is 1. The fraction of sp³-hybridized carbons (Fsp3) is 0.400. The number of hydrogen-bond donors (Lipinski definition) is 2. The van der Waals surface area contributed by atoms with E-state index in [0.29, 0.717) is 12.0 Å². The number of anilines is 1. The minimum Gasteiger partial charge on any atom is -0.378 e. The standard InChI is InChI=1S/C15H20N4O3/c1-5-15(2)13(21)19(14(22)16-15)17-12(20)10-7-6-8-11(9-10)18(3)4/h6-9H,5H2,1-4H3,(H,16,22)(H,17,20)/t15-/m0/s1. The van der Waals surface area contributed by atoms with Crippen molar-refractivity contribution in [3.63, 3.8) is 0 Å². The first-order valence-electron chi connectivity index (χ1n) is 7.03. The summed E-state index contributed by atoms with van der Waals surface area (Å²) < 4.78 is 0. The summed E-state index contributed by atoms with van der Waals surface area (Å²) in [6.07, 6.45) is 0.445. The van der Waals surface area contributed by atoms with E-state index < -0.39 is 23.4 Å². The van der Waals surface area contributed by atoms with Crippen molar-refractivity contribution in [1.29, 1.82) is 0 Å². The predicted molar refractivity (Wildman–Crippen MR) is 82.3 cm³/mol. The molecule has 0 aromatic heterocycles. The number of hydrazine groups is 1. The van der Waals surface area contributed by atoms with Crippen LogP contribution in [0.4, 0.5) is 10.5 Å². The number of carbonyl (C=O) groups excluding carboxylic acids is 3. The Kier molecular flexibility index (Phi) is 4.07. The molecule has 4 amide bonds. The van der Waals surface area contributed by atoms with E-state index in [-0.39, 0.29) is 0 Å². The van der Waals surface area contributed by atoms with Gasteiger partial charge < -0.3 is 10.2 Å². The number of carbonyl (C=O) groups is 3. The Morgan fingerprint density at radius 1 is 1.36 bits per heavy atom. The first-order valence-corrected chi connectivity index (χ1v) is 7.03. The molecule has 2 N–H and O–H groups in total. The van der Waals surface area contributed by atoms with Crippen molar-refractivity contribution < 1.29 is 14.4 Å². The summed E-state index contributed by atoms with van der Waals surface area (Å²) in [6, 6.07) is 6.30. The van der Waals surface area contributed by atoms with Crippen molar-refractivity contribution in [2.45, 2.75) is 25.8 Å². The number of nitrogens with zero attached hydrogens (tertiary/aromatic N) is 2. The highest BCUT2D eigenvalue weighted by atomic mass is 16.2. The van der Waals surface area contributed by atoms with Crippen LogP contribution >= 0.6 is 0 Å². The second-order valence-electron chi connectivity index (χ2n) is 5.64. The lowest BCUT2D eigenvalue weighted by molar-refractivity contribution is -0.132. The lowest BCUT2D eigenvalue weighted by Crippen LogP contribution is -2.48. The summed E-state index contributed by atoms with van der Waals surface area (Å²) in [6.45, 7) is 3.43. The molecule has 0 unspecified atom stereocenters. The highest BCUT2D eigenvalue weighted by Gasteiger charge is 2.47. The quantitative estimate of drug-likeness (QED) is 0.817. The molecule has 1 fully saturated rings. The van der Waals surface area contributed by atoms with E-state index in [1.54, 1.807) is 32.0 Å². The first kappa shape index (κ1) is 15.8. The van der Waals surface area contributed by atoms with Crippen molar-refractivity contribution in [1.82, 2.24) is 15.8 Å². The Balaban J connectivity index is 2.17. The molecule has 0 spiro atoms. The van der Waals surface area contributed by atoms with Crippen molar-refractivity contribution >= 4 is 23.5 Å². The van der Waals surface area contributed by atoms with Crippen LogP contribution in [0, 0.1) is 0 Å². The maximum atomic E-state index is 12.3. The van der Waals surface area contributed by atoms with Crippen LogP contribution in [-0.4, -0.2) is 42.5 Å². The molecular formula is C15H20N4O3. The van der Waals surface area contributed by atoms with E-state index in [1.807, 2.05) is 25.1 Å². The van der Waals surface area contributed by atoms with Gasteiger partial charge in [-0.3, -0.25) is 15.0 Å². The van der Waals surface area contributed by atoms with Crippen LogP contribution in [0.15, 0.2) is 24.3 Å². The van der Waals surface area contributed by atoms with E-state index in [2.05, 4.69) is 10.7 Å². The fourth-order valence-corrected chi connectivity index (χ4v) is 2.12. The first-order chi connectivity index (χ1) is 10.3. The highest BCUT2D eigenvalue weighted by Crippen LogP contribution is 2.20. The second-order valence-corrected chi connectivity index (χ2v) is 5.64. The summed E-state index contributed by atoms with van der Waals surface area (Å²) in [4.78, 5) is 38.2. The van der Waals surface area contributed by atoms with Gasteiger partial charge in [0.25, 0.3) is 11.8 Å². The maximum absolute atomic E-state index is 12.3. The molecule has 0 aliphatic carbocycles. The van der Waals surface area contributed by atoms with E-state index >= 15 is 0 Å². The van der Waals surface area contributed by atoms with Gasteiger partial charge in [0.1, 0.15) is 5.54 Å². The van der Waals surface area contributed by atoms with Crippen LogP contribution < -0.4 is 15.6 Å². The fourth-order valence-electron chi connectivity index (χ4n) is 2.12. The van der Waals surface area contributed by atoms with E-state index in [9.17, 15) is 14.4 Å². The van der Waals surface area contributed by atoms with Gasteiger partial charge in [0.2, 0.25) is 0 Å². The Morgan fingerprint density at radius 3 is 2.59 bits per heavy atom. The van der Waals surface area contributed by atoms with E-state index in [4.69, 9.17) is 0 Å².